The Labute approximate surface area is 119 Å². The summed E-state index contributed by atoms with van der Waals surface area (Å²) in [5.41, 5.74) is 0.925. The summed E-state index contributed by atoms with van der Waals surface area (Å²) >= 11 is 0. The van der Waals surface area contributed by atoms with E-state index in [4.69, 9.17) is 4.74 Å². The van der Waals surface area contributed by atoms with Crippen LogP contribution in [0.3, 0.4) is 0 Å². The lowest BCUT2D eigenvalue weighted by Crippen LogP contribution is -2.13. The Morgan fingerprint density at radius 1 is 1.33 bits per heavy atom. The Bertz CT molecular complexity index is 664. The summed E-state index contributed by atoms with van der Waals surface area (Å²) in [5, 5.41) is 7.40. The molecule has 1 aliphatic rings. The zero-order valence-electron chi connectivity index (χ0n) is 11.4. The number of alkyl halides is 3. The highest BCUT2D eigenvalue weighted by molar-refractivity contribution is 5.58. The summed E-state index contributed by atoms with van der Waals surface area (Å²) in [5.74, 6) is 0.624. The third-order valence-corrected chi connectivity index (χ3v) is 3.45. The molecule has 21 heavy (non-hydrogen) atoms. The summed E-state index contributed by atoms with van der Waals surface area (Å²) in [4.78, 5) is 0. The third-order valence-electron chi connectivity index (χ3n) is 3.45. The number of halogens is 3. The van der Waals surface area contributed by atoms with Gasteiger partial charge >= 0.3 is 6.18 Å². The van der Waals surface area contributed by atoms with E-state index in [9.17, 15) is 13.2 Å². The maximum Gasteiger partial charge on any atom is 0.418 e. The average molecular weight is 297 g/mol. The van der Waals surface area contributed by atoms with Gasteiger partial charge in [0.15, 0.2) is 0 Å². The first-order chi connectivity index (χ1) is 10.0. The number of methoxy groups -OCH3 is 1. The quantitative estimate of drug-likeness (QED) is 0.946. The zero-order valence-corrected chi connectivity index (χ0v) is 11.4. The molecule has 0 atom stereocenters. The van der Waals surface area contributed by atoms with Crippen molar-refractivity contribution in [1.82, 2.24) is 9.78 Å². The van der Waals surface area contributed by atoms with E-state index in [2.05, 4.69) is 10.4 Å². The van der Waals surface area contributed by atoms with Gasteiger partial charge in [-0.1, -0.05) is 12.1 Å². The number of hydrogen-bond donors (Lipinski definition) is 1. The molecule has 0 aliphatic carbocycles. The van der Waals surface area contributed by atoms with Crippen molar-refractivity contribution in [3.8, 4) is 5.69 Å². The van der Waals surface area contributed by atoms with E-state index in [0.717, 1.165) is 18.1 Å². The number of fused-ring (bicyclic) bond motifs is 1. The molecular weight excluding hydrogens is 283 g/mol. The van der Waals surface area contributed by atoms with Crippen LogP contribution in [0.15, 0.2) is 24.3 Å². The standard InChI is InChI=1S/C14H14F3N3O/c1-21-8-11-9-6-7-18-13(9)20(19-11)12-5-3-2-4-10(12)14(15,16)17/h2-5,18H,6-8H2,1H3. The lowest BCUT2D eigenvalue weighted by Gasteiger charge is -2.14. The topological polar surface area (TPSA) is 39.1 Å². The molecule has 0 saturated heterocycles. The number of anilines is 1. The fourth-order valence-corrected chi connectivity index (χ4v) is 2.57. The predicted octanol–water partition coefficient (Wildman–Crippen LogP) is 3.01. The fraction of sp³-hybridized carbons (Fsp3) is 0.357. The number of ether oxygens (including phenoxy) is 1. The van der Waals surface area contributed by atoms with Crippen LogP contribution in [-0.2, 0) is 23.9 Å². The normalized spacial score (nSPS) is 14.1. The van der Waals surface area contributed by atoms with E-state index in [-0.39, 0.29) is 12.3 Å². The Kier molecular flexibility index (Phi) is 3.36. The van der Waals surface area contributed by atoms with Crippen LogP contribution >= 0.6 is 0 Å². The van der Waals surface area contributed by atoms with Gasteiger partial charge in [-0.3, -0.25) is 0 Å². The number of hydrogen-bond acceptors (Lipinski definition) is 3. The van der Waals surface area contributed by atoms with E-state index in [1.165, 1.54) is 23.9 Å². The molecule has 0 bridgehead atoms. The second-order valence-electron chi connectivity index (χ2n) is 4.81. The van der Waals surface area contributed by atoms with Gasteiger partial charge in [-0.05, 0) is 18.6 Å². The molecule has 7 heteroatoms. The van der Waals surface area contributed by atoms with Crippen LogP contribution in [0.25, 0.3) is 5.69 Å². The summed E-state index contributed by atoms with van der Waals surface area (Å²) < 4.78 is 45.9. The summed E-state index contributed by atoms with van der Waals surface area (Å²) in [6, 6.07) is 5.43. The fourth-order valence-electron chi connectivity index (χ4n) is 2.57. The summed E-state index contributed by atoms with van der Waals surface area (Å²) in [7, 11) is 1.54. The van der Waals surface area contributed by atoms with Gasteiger partial charge in [-0.2, -0.15) is 18.3 Å². The van der Waals surface area contributed by atoms with Crippen molar-refractivity contribution in [3.63, 3.8) is 0 Å². The molecule has 1 aromatic carbocycles. The zero-order chi connectivity index (χ0) is 15.0. The Hall–Kier alpha value is -2.02. The van der Waals surface area contributed by atoms with Gasteiger partial charge in [-0.15, -0.1) is 0 Å². The summed E-state index contributed by atoms with van der Waals surface area (Å²) in [6.45, 7) is 0.975. The maximum absolute atomic E-state index is 13.2. The smallest absolute Gasteiger partial charge is 0.378 e. The van der Waals surface area contributed by atoms with E-state index in [1.807, 2.05) is 0 Å². The van der Waals surface area contributed by atoms with Crippen molar-refractivity contribution >= 4 is 5.82 Å². The maximum atomic E-state index is 13.2. The van der Waals surface area contributed by atoms with Gasteiger partial charge in [-0.25, -0.2) is 4.68 Å². The monoisotopic (exact) mass is 297 g/mol. The van der Waals surface area contributed by atoms with Gasteiger partial charge in [0.2, 0.25) is 0 Å². The van der Waals surface area contributed by atoms with E-state index < -0.39 is 11.7 Å². The van der Waals surface area contributed by atoms with Gasteiger partial charge in [0.05, 0.1) is 23.6 Å². The first-order valence-corrected chi connectivity index (χ1v) is 6.52. The highest BCUT2D eigenvalue weighted by Crippen LogP contribution is 2.36. The molecular formula is C14H14F3N3O. The minimum absolute atomic E-state index is 0.0259. The van der Waals surface area contributed by atoms with E-state index in [0.29, 0.717) is 18.1 Å². The molecule has 0 fully saturated rings. The first-order valence-electron chi connectivity index (χ1n) is 6.52. The molecule has 3 rings (SSSR count). The molecule has 1 aromatic heterocycles. The first kappa shape index (κ1) is 13.9. The lowest BCUT2D eigenvalue weighted by molar-refractivity contribution is -0.137. The highest BCUT2D eigenvalue weighted by Gasteiger charge is 2.35. The van der Waals surface area contributed by atoms with Gasteiger partial charge in [0, 0.05) is 19.2 Å². The Morgan fingerprint density at radius 3 is 2.81 bits per heavy atom. The number of para-hydroxylation sites is 1. The Balaban J connectivity index is 2.16. The van der Waals surface area contributed by atoms with E-state index >= 15 is 0 Å². The molecule has 112 valence electrons. The molecule has 1 aliphatic heterocycles. The van der Waals surface area contributed by atoms with Crippen LogP contribution < -0.4 is 5.32 Å². The number of nitrogens with zero attached hydrogens (tertiary/aromatic N) is 2. The van der Waals surface area contributed by atoms with Crippen LogP contribution in [0.4, 0.5) is 19.0 Å². The number of aromatic nitrogens is 2. The average Bonchev–Trinajstić information content (AvgIpc) is 3.02. The molecule has 0 radical (unpaired) electrons. The van der Waals surface area contributed by atoms with Crippen molar-refractivity contribution in [3.05, 3.63) is 41.1 Å². The van der Waals surface area contributed by atoms with Crippen molar-refractivity contribution in [1.29, 1.82) is 0 Å². The molecule has 0 spiro atoms. The lowest BCUT2D eigenvalue weighted by atomic mass is 10.1. The molecule has 2 aromatic rings. The molecule has 1 N–H and O–H groups in total. The van der Waals surface area contributed by atoms with Crippen LogP contribution in [0.1, 0.15) is 16.8 Å². The SMILES string of the molecule is COCc1nn(-c2ccccc2C(F)(F)F)c2c1CCN2. The van der Waals surface area contributed by atoms with Gasteiger partial charge in [0.1, 0.15) is 5.82 Å². The third kappa shape index (κ3) is 2.37. The summed E-state index contributed by atoms with van der Waals surface area (Å²) in [6.07, 6.45) is -3.68. The second-order valence-corrected chi connectivity index (χ2v) is 4.81. The largest absolute Gasteiger partial charge is 0.418 e. The predicted molar refractivity (Wildman–Crippen MR) is 71.5 cm³/mol. The molecule has 2 heterocycles. The van der Waals surface area contributed by atoms with Crippen LogP contribution in [0.2, 0.25) is 0 Å². The van der Waals surface area contributed by atoms with E-state index in [1.54, 1.807) is 6.07 Å². The molecule has 4 nitrogen and oxygen atoms in total. The highest BCUT2D eigenvalue weighted by atomic mass is 19.4. The van der Waals surface area contributed by atoms with Gasteiger partial charge < -0.3 is 10.1 Å². The minimum atomic E-state index is -4.42. The van der Waals surface area contributed by atoms with Crippen molar-refractivity contribution in [2.24, 2.45) is 0 Å². The number of benzene rings is 1. The van der Waals surface area contributed by atoms with Crippen molar-refractivity contribution < 1.29 is 17.9 Å². The van der Waals surface area contributed by atoms with Crippen LogP contribution in [0, 0.1) is 0 Å². The van der Waals surface area contributed by atoms with Gasteiger partial charge in [0.25, 0.3) is 0 Å². The number of rotatable bonds is 3. The molecule has 0 amide bonds. The minimum Gasteiger partial charge on any atom is -0.378 e. The molecule has 0 saturated carbocycles. The van der Waals surface area contributed by atoms with Crippen LogP contribution in [-0.4, -0.2) is 23.4 Å². The number of nitrogens with one attached hydrogen (secondary N) is 1. The second kappa shape index (κ2) is 5.07. The molecule has 0 unspecified atom stereocenters. The Morgan fingerprint density at radius 2 is 2.10 bits per heavy atom. The van der Waals surface area contributed by atoms with Crippen molar-refractivity contribution in [2.45, 2.75) is 19.2 Å². The van der Waals surface area contributed by atoms with Crippen molar-refractivity contribution in [2.75, 3.05) is 19.0 Å². The van der Waals surface area contributed by atoms with Crippen LogP contribution in [0.5, 0.6) is 0 Å².